The van der Waals surface area contributed by atoms with Crippen LogP contribution in [0.25, 0.3) is 10.4 Å². The summed E-state index contributed by atoms with van der Waals surface area (Å²) >= 11 is 1.39. The highest BCUT2D eigenvalue weighted by Gasteiger charge is 2.40. The van der Waals surface area contributed by atoms with Gasteiger partial charge in [0.25, 0.3) is 5.91 Å². The molecule has 2 fully saturated rings. The molecular formula is C23H24FN5O3S. The number of nitrogens with zero attached hydrogens (tertiary/aromatic N) is 3. The highest BCUT2D eigenvalue weighted by Crippen LogP contribution is 2.39. The average Bonchev–Trinajstić information content (AvgIpc) is 3.23. The summed E-state index contributed by atoms with van der Waals surface area (Å²) in [6.07, 6.45) is 1.69. The number of carbonyl (C=O) groups is 1. The second kappa shape index (κ2) is 9.14. The molecule has 4 heterocycles. The molecule has 2 aromatic heterocycles. The van der Waals surface area contributed by atoms with Crippen molar-refractivity contribution in [2.24, 2.45) is 5.73 Å². The Hall–Kier alpha value is -2.92. The number of amides is 1. The monoisotopic (exact) mass is 469 g/mol. The minimum Gasteiger partial charge on any atom is -0.379 e. The van der Waals surface area contributed by atoms with Crippen LogP contribution in [0.2, 0.25) is 0 Å². The molecule has 1 aromatic carbocycles. The van der Waals surface area contributed by atoms with Gasteiger partial charge in [-0.15, -0.1) is 11.3 Å². The number of morpholine rings is 1. The molecule has 0 aliphatic carbocycles. The van der Waals surface area contributed by atoms with E-state index >= 15 is 0 Å². The first-order valence-corrected chi connectivity index (χ1v) is 11.5. The molecule has 0 spiro atoms. The zero-order valence-electron chi connectivity index (χ0n) is 17.9. The van der Waals surface area contributed by atoms with Crippen LogP contribution in [-0.4, -0.2) is 60.3 Å². The van der Waals surface area contributed by atoms with Gasteiger partial charge in [0.05, 0.1) is 38.5 Å². The Morgan fingerprint density at radius 2 is 1.94 bits per heavy atom. The van der Waals surface area contributed by atoms with Crippen molar-refractivity contribution in [1.29, 1.82) is 0 Å². The molecule has 2 aliphatic heterocycles. The lowest BCUT2D eigenvalue weighted by molar-refractivity contribution is -0.135. The molecule has 0 saturated carbocycles. The predicted molar refractivity (Wildman–Crippen MR) is 123 cm³/mol. The summed E-state index contributed by atoms with van der Waals surface area (Å²) in [4.78, 5) is 24.1. The molecule has 33 heavy (non-hydrogen) atoms. The molecule has 1 amide bonds. The highest BCUT2D eigenvalue weighted by atomic mass is 32.1. The number of rotatable bonds is 7. The van der Waals surface area contributed by atoms with E-state index in [1.54, 1.807) is 30.5 Å². The van der Waals surface area contributed by atoms with E-state index in [0.29, 0.717) is 47.5 Å². The lowest BCUT2D eigenvalue weighted by Gasteiger charge is -2.34. The number of halogens is 1. The van der Waals surface area contributed by atoms with E-state index < -0.39 is 11.6 Å². The second-order valence-corrected chi connectivity index (χ2v) is 9.18. The van der Waals surface area contributed by atoms with Crippen LogP contribution in [0, 0.1) is 0 Å². The van der Waals surface area contributed by atoms with Gasteiger partial charge in [0, 0.05) is 24.2 Å². The van der Waals surface area contributed by atoms with Crippen LogP contribution >= 0.6 is 11.3 Å². The number of hydrogen-bond donors (Lipinski definition) is 2. The number of primary amides is 1. The third-order valence-corrected chi connectivity index (χ3v) is 6.86. The Bertz CT molecular complexity index is 1140. The van der Waals surface area contributed by atoms with E-state index in [-0.39, 0.29) is 13.2 Å². The van der Waals surface area contributed by atoms with Crippen molar-refractivity contribution in [3.63, 3.8) is 0 Å². The van der Waals surface area contributed by atoms with E-state index in [1.807, 2.05) is 12.1 Å². The minimum atomic E-state index is -1.41. The first-order valence-electron chi connectivity index (χ1n) is 10.7. The molecule has 2 saturated heterocycles. The Kier molecular flexibility index (Phi) is 6.07. The van der Waals surface area contributed by atoms with Crippen molar-refractivity contribution in [2.45, 2.75) is 12.2 Å². The number of carbonyl (C=O) groups excluding carboxylic acids is 1. The molecule has 10 heteroatoms. The van der Waals surface area contributed by atoms with Crippen LogP contribution in [-0.2, 0) is 21.7 Å². The number of alkyl halides is 1. The number of nitrogens with one attached hydrogen (secondary N) is 1. The predicted octanol–water partition coefficient (Wildman–Crippen LogP) is 3.07. The number of nitrogens with two attached hydrogens (primary N) is 1. The molecule has 0 bridgehead atoms. The summed E-state index contributed by atoms with van der Waals surface area (Å²) in [7, 11) is 0. The molecule has 5 rings (SSSR count). The third-order valence-electron chi connectivity index (χ3n) is 5.76. The topological polar surface area (TPSA) is 103 Å². The van der Waals surface area contributed by atoms with Gasteiger partial charge in [0.15, 0.2) is 5.67 Å². The fraction of sp³-hybridized carbons (Fsp3) is 0.348. The molecule has 3 aromatic rings. The van der Waals surface area contributed by atoms with Crippen molar-refractivity contribution >= 4 is 28.1 Å². The maximum absolute atomic E-state index is 14.6. The van der Waals surface area contributed by atoms with Gasteiger partial charge in [-0.3, -0.25) is 9.69 Å². The maximum Gasteiger partial charge on any atom is 0.251 e. The van der Waals surface area contributed by atoms with Gasteiger partial charge in [-0.05, 0) is 23.3 Å². The molecule has 0 unspecified atom stereocenters. The Morgan fingerprint density at radius 1 is 1.18 bits per heavy atom. The van der Waals surface area contributed by atoms with Crippen molar-refractivity contribution in [2.75, 3.05) is 44.8 Å². The number of aromatic nitrogens is 2. The number of ether oxygens (including phenoxy) is 2. The number of thiophene rings is 1. The highest BCUT2D eigenvalue weighted by molar-refractivity contribution is 7.19. The van der Waals surface area contributed by atoms with E-state index in [4.69, 9.17) is 15.2 Å². The molecule has 8 nitrogen and oxygen atoms in total. The first-order chi connectivity index (χ1) is 16.0. The lowest BCUT2D eigenvalue weighted by atomic mass is 9.93. The van der Waals surface area contributed by atoms with E-state index in [9.17, 15) is 9.18 Å². The summed E-state index contributed by atoms with van der Waals surface area (Å²) in [6.45, 7) is 3.89. The molecule has 2 aliphatic rings. The van der Waals surface area contributed by atoms with Crippen LogP contribution < -0.4 is 11.1 Å². The Morgan fingerprint density at radius 3 is 2.61 bits per heavy atom. The van der Waals surface area contributed by atoms with Gasteiger partial charge in [0.1, 0.15) is 16.6 Å². The number of hydrogen-bond acceptors (Lipinski definition) is 8. The SMILES string of the molecule is NC(=O)c1cc(-c2ccc(C3(F)COC3)cc2)sc1Nc1ccnc(CN2CCOCC2)n1. The smallest absolute Gasteiger partial charge is 0.251 e. The van der Waals surface area contributed by atoms with Crippen molar-refractivity contribution < 1.29 is 18.7 Å². The molecule has 3 N–H and O–H groups in total. The molecule has 0 radical (unpaired) electrons. The summed E-state index contributed by atoms with van der Waals surface area (Å²) < 4.78 is 24.9. The minimum absolute atomic E-state index is 0.0811. The van der Waals surface area contributed by atoms with Gasteiger partial charge < -0.3 is 20.5 Å². The standard InChI is InChI=1S/C23H24FN5O3S/c24-23(13-32-14-23)16-3-1-15(2-4-16)18-11-17(21(25)30)22(33-18)28-19-5-6-26-20(27-19)12-29-7-9-31-10-8-29/h1-6,11H,7-10,12-14H2,(H2,25,30)(H,26,27,28). The van der Waals surface area contributed by atoms with Gasteiger partial charge in [0.2, 0.25) is 0 Å². The zero-order chi connectivity index (χ0) is 22.8. The van der Waals surface area contributed by atoms with Gasteiger partial charge in [-0.2, -0.15) is 0 Å². The third kappa shape index (κ3) is 4.74. The van der Waals surface area contributed by atoms with Crippen LogP contribution in [0.15, 0.2) is 42.6 Å². The summed E-state index contributed by atoms with van der Waals surface area (Å²) in [5, 5.41) is 3.83. The molecule has 0 atom stereocenters. The van der Waals surface area contributed by atoms with Crippen molar-refractivity contribution in [1.82, 2.24) is 14.9 Å². The number of benzene rings is 1. The van der Waals surface area contributed by atoms with Crippen LogP contribution in [0.5, 0.6) is 0 Å². The Labute approximate surface area is 194 Å². The van der Waals surface area contributed by atoms with Crippen molar-refractivity contribution in [3.8, 4) is 10.4 Å². The number of anilines is 2. The largest absolute Gasteiger partial charge is 0.379 e. The quantitative estimate of drug-likeness (QED) is 0.548. The summed E-state index contributed by atoms with van der Waals surface area (Å²) in [5.74, 6) is 0.743. The fourth-order valence-electron chi connectivity index (χ4n) is 3.81. The van der Waals surface area contributed by atoms with Crippen molar-refractivity contribution in [3.05, 3.63) is 59.5 Å². The normalized spacial score (nSPS) is 18.0. The van der Waals surface area contributed by atoms with Gasteiger partial charge >= 0.3 is 0 Å². The lowest BCUT2D eigenvalue weighted by Crippen LogP contribution is -2.42. The maximum atomic E-state index is 14.6. The van der Waals surface area contributed by atoms with Gasteiger partial charge in [-0.25, -0.2) is 14.4 Å². The Balaban J connectivity index is 1.35. The van der Waals surface area contributed by atoms with Gasteiger partial charge in [-0.1, -0.05) is 24.3 Å². The molecule has 172 valence electrons. The van der Waals surface area contributed by atoms with Crippen LogP contribution in [0.3, 0.4) is 0 Å². The average molecular weight is 470 g/mol. The van der Waals surface area contributed by atoms with E-state index in [1.165, 1.54) is 11.3 Å². The van der Waals surface area contributed by atoms with E-state index in [2.05, 4.69) is 20.2 Å². The second-order valence-electron chi connectivity index (χ2n) is 8.12. The van der Waals surface area contributed by atoms with Crippen LogP contribution in [0.1, 0.15) is 21.7 Å². The zero-order valence-corrected chi connectivity index (χ0v) is 18.7. The van der Waals surface area contributed by atoms with E-state index in [0.717, 1.165) is 23.5 Å². The molecular weight excluding hydrogens is 445 g/mol. The summed E-state index contributed by atoms with van der Waals surface area (Å²) in [6, 6.07) is 10.7. The first kappa shape index (κ1) is 21.9. The fourth-order valence-corrected chi connectivity index (χ4v) is 4.89. The summed E-state index contributed by atoms with van der Waals surface area (Å²) in [5.41, 5.74) is 6.07. The van der Waals surface area contributed by atoms with Crippen LogP contribution in [0.4, 0.5) is 15.2 Å².